The third kappa shape index (κ3) is 2.71. The van der Waals surface area contributed by atoms with Crippen molar-refractivity contribution in [3.8, 4) is 11.8 Å². The van der Waals surface area contributed by atoms with Gasteiger partial charge in [0.05, 0.1) is 23.7 Å². The van der Waals surface area contributed by atoms with E-state index in [2.05, 4.69) is 15.4 Å². The molecule has 2 rings (SSSR count). The van der Waals surface area contributed by atoms with Gasteiger partial charge in [-0.15, -0.1) is 10.2 Å². The first-order chi connectivity index (χ1) is 8.19. The maximum Gasteiger partial charge on any atom is 0.212 e. The van der Waals surface area contributed by atoms with E-state index < -0.39 is 0 Å². The summed E-state index contributed by atoms with van der Waals surface area (Å²) in [6.07, 6.45) is 0. The van der Waals surface area contributed by atoms with Gasteiger partial charge in [0, 0.05) is 0 Å². The van der Waals surface area contributed by atoms with E-state index in [1.807, 2.05) is 6.07 Å². The van der Waals surface area contributed by atoms with E-state index in [0.717, 1.165) is 0 Å². The van der Waals surface area contributed by atoms with Crippen LogP contribution in [0.1, 0.15) is 11.4 Å². The van der Waals surface area contributed by atoms with Gasteiger partial charge in [-0.1, -0.05) is 11.6 Å². The molecule has 1 heterocycles. The molecule has 2 aromatic rings. The van der Waals surface area contributed by atoms with Crippen LogP contribution in [-0.2, 0) is 13.7 Å². The van der Waals surface area contributed by atoms with Crippen molar-refractivity contribution >= 4 is 11.6 Å². The molecule has 0 unspecified atom stereocenters. The molecule has 6 nitrogen and oxygen atoms in total. The second kappa shape index (κ2) is 4.80. The highest BCUT2D eigenvalue weighted by Gasteiger charge is 2.06. The van der Waals surface area contributed by atoms with Gasteiger partial charge in [0.25, 0.3) is 0 Å². The lowest BCUT2D eigenvalue weighted by Gasteiger charge is -2.05. The van der Waals surface area contributed by atoms with Crippen molar-refractivity contribution in [2.45, 2.75) is 6.61 Å². The third-order valence-electron chi connectivity index (χ3n) is 1.97. The Morgan fingerprint density at radius 1 is 1.53 bits per heavy atom. The number of halogens is 1. The molecule has 0 aliphatic heterocycles. The molecular formula is C10H8ClN5O. The Morgan fingerprint density at radius 3 is 2.94 bits per heavy atom. The molecule has 17 heavy (non-hydrogen) atoms. The maximum absolute atomic E-state index is 8.68. The van der Waals surface area contributed by atoms with Crippen LogP contribution in [0.25, 0.3) is 0 Å². The Hall–Kier alpha value is -2.13. The number of hydrogen-bond acceptors (Lipinski definition) is 5. The van der Waals surface area contributed by atoms with E-state index in [9.17, 15) is 0 Å². The molecule has 1 aromatic carbocycles. The molecule has 86 valence electrons. The van der Waals surface area contributed by atoms with Crippen LogP contribution in [0, 0.1) is 11.3 Å². The van der Waals surface area contributed by atoms with Crippen LogP contribution in [0.2, 0.25) is 5.02 Å². The minimum absolute atomic E-state index is 0.180. The first kappa shape index (κ1) is 11.4. The van der Waals surface area contributed by atoms with Gasteiger partial charge >= 0.3 is 0 Å². The number of hydrogen-bond donors (Lipinski definition) is 0. The Bertz CT molecular complexity index is 574. The molecule has 0 aliphatic rings. The molecule has 0 radical (unpaired) electrons. The van der Waals surface area contributed by atoms with Crippen LogP contribution in [0.15, 0.2) is 18.2 Å². The van der Waals surface area contributed by atoms with E-state index in [4.69, 9.17) is 21.6 Å². The molecule has 0 fully saturated rings. The molecular weight excluding hydrogens is 242 g/mol. The van der Waals surface area contributed by atoms with Crippen molar-refractivity contribution in [1.29, 1.82) is 5.26 Å². The summed E-state index contributed by atoms with van der Waals surface area (Å²) in [4.78, 5) is 1.35. The summed E-state index contributed by atoms with van der Waals surface area (Å²) < 4.78 is 5.42. The Labute approximate surface area is 102 Å². The zero-order chi connectivity index (χ0) is 12.3. The van der Waals surface area contributed by atoms with Crippen LogP contribution in [-0.4, -0.2) is 20.2 Å². The summed E-state index contributed by atoms with van der Waals surface area (Å²) in [5.74, 6) is 0.950. The average Bonchev–Trinajstić information content (AvgIpc) is 2.73. The van der Waals surface area contributed by atoms with Gasteiger partial charge < -0.3 is 4.74 Å². The van der Waals surface area contributed by atoms with E-state index in [1.165, 1.54) is 4.80 Å². The summed E-state index contributed by atoms with van der Waals surface area (Å²) in [7, 11) is 1.67. The standard InChI is InChI=1S/C10H8ClN5O/c1-16-14-10(13-15-16)6-17-9-3-2-7(5-12)4-8(9)11/h2-4H,6H2,1H3. The fourth-order valence-corrected chi connectivity index (χ4v) is 1.45. The molecule has 0 bridgehead atoms. The maximum atomic E-state index is 8.68. The smallest absolute Gasteiger partial charge is 0.212 e. The molecule has 7 heteroatoms. The zero-order valence-electron chi connectivity index (χ0n) is 8.96. The van der Waals surface area contributed by atoms with Gasteiger partial charge in [-0.3, -0.25) is 0 Å². The fourth-order valence-electron chi connectivity index (χ4n) is 1.21. The Kier molecular flexibility index (Phi) is 3.21. The summed E-state index contributed by atoms with van der Waals surface area (Å²) in [6, 6.07) is 6.80. The number of benzene rings is 1. The predicted molar refractivity (Wildman–Crippen MR) is 59.3 cm³/mol. The molecule has 0 aliphatic carbocycles. The second-order valence-electron chi connectivity index (χ2n) is 3.24. The largest absolute Gasteiger partial charge is 0.484 e. The summed E-state index contributed by atoms with van der Waals surface area (Å²) in [5, 5.41) is 20.5. The fraction of sp³-hybridized carbons (Fsp3) is 0.200. The van der Waals surface area contributed by atoms with Crippen LogP contribution in [0.5, 0.6) is 5.75 Å². The van der Waals surface area contributed by atoms with Crippen molar-refractivity contribution in [3.05, 3.63) is 34.6 Å². The average molecular weight is 250 g/mol. The molecule has 0 atom stereocenters. The summed E-state index contributed by atoms with van der Waals surface area (Å²) >= 11 is 5.94. The Morgan fingerprint density at radius 2 is 2.35 bits per heavy atom. The third-order valence-corrected chi connectivity index (χ3v) is 2.26. The lowest BCUT2D eigenvalue weighted by Crippen LogP contribution is -1.99. The van der Waals surface area contributed by atoms with E-state index in [-0.39, 0.29) is 6.61 Å². The lowest BCUT2D eigenvalue weighted by atomic mass is 10.2. The summed E-state index contributed by atoms with van der Waals surface area (Å²) in [6.45, 7) is 0.180. The van der Waals surface area contributed by atoms with E-state index >= 15 is 0 Å². The van der Waals surface area contributed by atoms with Crippen molar-refractivity contribution in [2.75, 3.05) is 0 Å². The molecule has 0 spiro atoms. The molecule has 0 saturated carbocycles. The molecule has 1 aromatic heterocycles. The minimum atomic E-state index is 0.180. The molecule has 0 N–H and O–H groups in total. The van der Waals surface area contributed by atoms with Crippen LogP contribution in [0.3, 0.4) is 0 Å². The number of aryl methyl sites for hydroxylation is 1. The van der Waals surface area contributed by atoms with Crippen LogP contribution >= 0.6 is 11.6 Å². The molecule has 0 amide bonds. The van der Waals surface area contributed by atoms with Gasteiger partial charge in [0.15, 0.2) is 6.61 Å². The monoisotopic (exact) mass is 249 g/mol. The first-order valence-electron chi connectivity index (χ1n) is 4.74. The Balaban J connectivity index is 2.07. The van der Waals surface area contributed by atoms with Crippen molar-refractivity contribution in [2.24, 2.45) is 7.05 Å². The van der Waals surface area contributed by atoms with Crippen LogP contribution in [0.4, 0.5) is 0 Å². The minimum Gasteiger partial charge on any atom is -0.484 e. The highest BCUT2D eigenvalue weighted by Crippen LogP contribution is 2.25. The number of ether oxygens (including phenoxy) is 1. The highest BCUT2D eigenvalue weighted by molar-refractivity contribution is 6.32. The predicted octanol–water partition coefficient (Wildman–Crippen LogP) is 1.31. The number of tetrazole rings is 1. The topological polar surface area (TPSA) is 76.6 Å². The number of aromatic nitrogens is 4. The zero-order valence-corrected chi connectivity index (χ0v) is 9.72. The van der Waals surface area contributed by atoms with Crippen molar-refractivity contribution in [1.82, 2.24) is 20.2 Å². The first-order valence-corrected chi connectivity index (χ1v) is 5.12. The van der Waals surface area contributed by atoms with Crippen molar-refractivity contribution < 1.29 is 4.74 Å². The quantitative estimate of drug-likeness (QED) is 0.820. The van der Waals surface area contributed by atoms with Gasteiger partial charge in [-0.05, 0) is 23.4 Å². The highest BCUT2D eigenvalue weighted by atomic mass is 35.5. The van der Waals surface area contributed by atoms with E-state index in [1.54, 1.807) is 25.2 Å². The molecule has 0 saturated heterocycles. The van der Waals surface area contributed by atoms with Gasteiger partial charge in [-0.2, -0.15) is 10.1 Å². The van der Waals surface area contributed by atoms with Gasteiger partial charge in [0.2, 0.25) is 5.82 Å². The lowest BCUT2D eigenvalue weighted by molar-refractivity contribution is 0.295. The number of rotatable bonds is 3. The summed E-state index contributed by atoms with van der Waals surface area (Å²) in [5.41, 5.74) is 0.486. The number of nitrogens with zero attached hydrogens (tertiary/aromatic N) is 5. The van der Waals surface area contributed by atoms with Gasteiger partial charge in [0.1, 0.15) is 5.75 Å². The van der Waals surface area contributed by atoms with E-state index in [0.29, 0.717) is 22.2 Å². The number of nitriles is 1. The van der Waals surface area contributed by atoms with Crippen LogP contribution < -0.4 is 4.74 Å². The van der Waals surface area contributed by atoms with Gasteiger partial charge in [-0.25, -0.2) is 0 Å². The SMILES string of the molecule is Cn1nnc(COc2ccc(C#N)cc2Cl)n1. The van der Waals surface area contributed by atoms with Crippen molar-refractivity contribution in [3.63, 3.8) is 0 Å². The normalized spacial score (nSPS) is 9.94. The second-order valence-corrected chi connectivity index (χ2v) is 3.65.